The molecule has 0 spiro atoms. The van der Waals surface area contributed by atoms with Gasteiger partial charge in [-0.15, -0.1) is 0 Å². The minimum Gasteiger partial charge on any atom is -0.509 e. The number of aliphatic hydroxyl groups is 1. The third kappa shape index (κ3) is 5.64. The average molecular weight is 391 g/mol. The molecule has 0 aromatic heterocycles. The topological polar surface area (TPSA) is 66.8 Å². The standard InChI is InChI=1S/C22H30FNO4/c1-3-4-5-6-7-8-9-10-13-28-15-20(26)21-18-14-17(23)11-12-19(18)24(16(2)25)22(21)27/h11-12,14,26H,3-10,13,15H2,1-2H3. The Kier molecular flexibility index (Phi) is 8.64. The molecule has 1 heterocycles. The number of anilines is 1. The van der Waals surface area contributed by atoms with E-state index in [-0.39, 0.29) is 29.2 Å². The second-order valence-corrected chi connectivity index (χ2v) is 7.17. The van der Waals surface area contributed by atoms with Gasteiger partial charge in [-0.05, 0) is 24.6 Å². The van der Waals surface area contributed by atoms with E-state index in [0.717, 1.165) is 23.8 Å². The van der Waals surface area contributed by atoms with Crippen LogP contribution in [0, 0.1) is 5.82 Å². The van der Waals surface area contributed by atoms with Crippen LogP contribution in [0.15, 0.2) is 24.0 Å². The summed E-state index contributed by atoms with van der Waals surface area (Å²) in [5, 5.41) is 10.4. The quantitative estimate of drug-likeness (QED) is 0.322. The van der Waals surface area contributed by atoms with Crippen molar-refractivity contribution in [1.82, 2.24) is 0 Å². The summed E-state index contributed by atoms with van der Waals surface area (Å²) in [6.45, 7) is 3.80. The van der Waals surface area contributed by atoms with E-state index >= 15 is 0 Å². The Hall–Kier alpha value is -2.21. The highest BCUT2D eigenvalue weighted by molar-refractivity contribution is 6.39. The summed E-state index contributed by atoms with van der Waals surface area (Å²) in [6, 6.07) is 3.70. The van der Waals surface area contributed by atoms with Crippen LogP contribution in [0.4, 0.5) is 10.1 Å². The molecule has 6 heteroatoms. The molecule has 0 aliphatic carbocycles. The van der Waals surface area contributed by atoms with Crippen LogP contribution in [0.5, 0.6) is 0 Å². The molecule has 154 valence electrons. The Morgan fingerprint density at radius 3 is 2.39 bits per heavy atom. The summed E-state index contributed by atoms with van der Waals surface area (Å²) < 4.78 is 19.1. The molecule has 0 saturated heterocycles. The Morgan fingerprint density at radius 2 is 1.75 bits per heavy atom. The Bertz CT molecular complexity index is 729. The van der Waals surface area contributed by atoms with E-state index < -0.39 is 17.6 Å². The van der Waals surface area contributed by atoms with Crippen molar-refractivity contribution in [3.8, 4) is 0 Å². The maximum Gasteiger partial charge on any atom is 0.269 e. The number of amides is 2. The predicted octanol–water partition coefficient (Wildman–Crippen LogP) is 5.15. The number of hydrogen-bond acceptors (Lipinski definition) is 4. The van der Waals surface area contributed by atoms with Gasteiger partial charge in [0, 0.05) is 19.1 Å². The van der Waals surface area contributed by atoms with Gasteiger partial charge in [-0.3, -0.25) is 9.59 Å². The monoisotopic (exact) mass is 391 g/mol. The fraction of sp³-hybridized carbons (Fsp3) is 0.545. The molecule has 2 rings (SSSR count). The number of imide groups is 1. The van der Waals surface area contributed by atoms with Crippen molar-refractivity contribution in [2.24, 2.45) is 0 Å². The predicted molar refractivity (Wildman–Crippen MR) is 108 cm³/mol. The van der Waals surface area contributed by atoms with Crippen LogP contribution in [-0.4, -0.2) is 30.1 Å². The number of rotatable bonds is 11. The Balaban J connectivity index is 1.87. The first-order valence-electron chi connectivity index (χ1n) is 10.1. The third-order valence-electron chi connectivity index (χ3n) is 4.87. The van der Waals surface area contributed by atoms with Gasteiger partial charge in [-0.2, -0.15) is 0 Å². The number of nitrogens with zero attached hydrogens (tertiary/aromatic N) is 1. The molecule has 0 fully saturated rings. The summed E-state index contributed by atoms with van der Waals surface area (Å²) in [5.41, 5.74) is 0.428. The van der Waals surface area contributed by atoms with Crippen molar-refractivity contribution >= 4 is 23.1 Å². The van der Waals surface area contributed by atoms with Gasteiger partial charge in [0.25, 0.3) is 5.91 Å². The lowest BCUT2D eigenvalue weighted by Crippen LogP contribution is -2.31. The van der Waals surface area contributed by atoms with Gasteiger partial charge in [0.05, 0.1) is 11.3 Å². The third-order valence-corrected chi connectivity index (χ3v) is 4.87. The highest BCUT2D eigenvalue weighted by Gasteiger charge is 2.37. The Labute approximate surface area is 166 Å². The van der Waals surface area contributed by atoms with Gasteiger partial charge in [0.2, 0.25) is 5.91 Å². The van der Waals surface area contributed by atoms with Gasteiger partial charge in [-0.1, -0.05) is 51.9 Å². The molecule has 0 unspecified atom stereocenters. The largest absolute Gasteiger partial charge is 0.509 e. The zero-order chi connectivity index (χ0) is 20.5. The van der Waals surface area contributed by atoms with Gasteiger partial charge in [0.1, 0.15) is 18.2 Å². The van der Waals surface area contributed by atoms with Gasteiger partial charge in [0.15, 0.2) is 0 Å². The number of carbonyl (C=O) groups excluding carboxylic acids is 2. The first-order valence-corrected chi connectivity index (χ1v) is 10.1. The first kappa shape index (κ1) is 22.1. The zero-order valence-electron chi connectivity index (χ0n) is 16.8. The Morgan fingerprint density at radius 1 is 1.11 bits per heavy atom. The summed E-state index contributed by atoms with van der Waals surface area (Å²) in [7, 11) is 0. The molecule has 5 nitrogen and oxygen atoms in total. The van der Waals surface area contributed by atoms with E-state index in [9.17, 15) is 19.1 Å². The van der Waals surface area contributed by atoms with Gasteiger partial charge < -0.3 is 9.84 Å². The summed E-state index contributed by atoms with van der Waals surface area (Å²) in [5.74, 6) is -1.95. The zero-order valence-corrected chi connectivity index (χ0v) is 16.8. The molecule has 28 heavy (non-hydrogen) atoms. The molecular formula is C22H30FNO4. The number of fused-ring (bicyclic) bond motifs is 1. The fourth-order valence-electron chi connectivity index (χ4n) is 3.41. The molecule has 0 atom stereocenters. The molecular weight excluding hydrogens is 361 g/mol. The van der Waals surface area contributed by atoms with Crippen molar-refractivity contribution in [2.45, 2.75) is 65.2 Å². The average Bonchev–Trinajstić information content (AvgIpc) is 2.94. The molecule has 2 amide bonds. The summed E-state index contributed by atoms with van der Waals surface area (Å²) in [6.07, 6.45) is 9.45. The number of carbonyl (C=O) groups is 2. The van der Waals surface area contributed by atoms with E-state index in [4.69, 9.17) is 4.74 Å². The highest BCUT2D eigenvalue weighted by Crippen LogP contribution is 2.38. The van der Waals surface area contributed by atoms with E-state index in [1.165, 1.54) is 57.6 Å². The lowest BCUT2D eigenvalue weighted by Gasteiger charge is -2.11. The molecule has 1 aromatic rings. The van der Waals surface area contributed by atoms with E-state index in [0.29, 0.717) is 6.61 Å². The normalized spacial score (nSPS) is 15.1. The summed E-state index contributed by atoms with van der Waals surface area (Å²) in [4.78, 5) is 25.3. The lowest BCUT2D eigenvalue weighted by atomic mass is 10.1. The molecule has 1 aliphatic heterocycles. The number of benzene rings is 1. The maximum atomic E-state index is 13.6. The van der Waals surface area contributed by atoms with Crippen molar-refractivity contribution in [1.29, 1.82) is 0 Å². The van der Waals surface area contributed by atoms with Crippen LogP contribution in [0.3, 0.4) is 0 Å². The minimum absolute atomic E-state index is 0.0689. The first-order chi connectivity index (χ1) is 13.5. The number of aliphatic hydroxyl groups excluding tert-OH is 1. The van der Waals surface area contributed by atoms with Gasteiger partial charge >= 0.3 is 0 Å². The SMILES string of the molecule is CCCCCCCCCCOCC(O)=C1C(=O)N(C(C)=O)c2ccc(F)cc21. The molecule has 1 aliphatic rings. The number of hydrogen-bond donors (Lipinski definition) is 1. The van der Waals surface area contributed by atoms with Gasteiger partial charge in [-0.25, -0.2) is 9.29 Å². The number of unbranched alkanes of at least 4 members (excludes halogenated alkanes) is 7. The molecule has 1 aromatic carbocycles. The second kappa shape index (κ2) is 11.0. The molecule has 1 N–H and O–H groups in total. The summed E-state index contributed by atoms with van der Waals surface area (Å²) >= 11 is 0. The highest BCUT2D eigenvalue weighted by atomic mass is 19.1. The number of halogens is 1. The van der Waals surface area contributed by atoms with Crippen LogP contribution in [-0.2, 0) is 14.3 Å². The van der Waals surface area contributed by atoms with Crippen molar-refractivity contribution in [3.05, 3.63) is 35.3 Å². The maximum absolute atomic E-state index is 13.6. The molecule has 0 saturated carbocycles. The van der Waals surface area contributed by atoms with Crippen LogP contribution >= 0.6 is 0 Å². The van der Waals surface area contributed by atoms with Crippen LogP contribution < -0.4 is 4.90 Å². The minimum atomic E-state index is -0.652. The van der Waals surface area contributed by atoms with E-state index in [1.807, 2.05) is 0 Å². The van der Waals surface area contributed by atoms with Crippen LogP contribution in [0.25, 0.3) is 5.57 Å². The number of ether oxygens (including phenoxy) is 1. The lowest BCUT2D eigenvalue weighted by molar-refractivity contribution is -0.122. The second-order valence-electron chi connectivity index (χ2n) is 7.17. The van der Waals surface area contributed by atoms with Crippen molar-refractivity contribution in [2.75, 3.05) is 18.1 Å². The smallest absolute Gasteiger partial charge is 0.269 e. The van der Waals surface area contributed by atoms with Crippen molar-refractivity contribution < 1.29 is 23.8 Å². The van der Waals surface area contributed by atoms with Crippen LogP contribution in [0.2, 0.25) is 0 Å². The molecule has 0 radical (unpaired) electrons. The fourth-order valence-corrected chi connectivity index (χ4v) is 3.41. The molecule has 0 bridgehead atoms. The van der Waals surface area contributed by atoms with E-state index in [2.05, 4.69) is 6.92 Å². The van der Waals surface area contributed by atoms with Crippen molar-refractivity contribution in [3.63, 3.8) is 0 Å². The van der Waals surface area contributed by atoms with E-state index in [1.54, 1.807) is 0 Å². The van der Waals surface area contributed by atoms with Crippen LogP contribution in [0.1, 0.15) is 70.8 Å².